The van der Waals surface area contributed by atoms with E-state index in [1.807, 2.05) is 45.0 Å². The minimum atomic E-state index is -2.73. The van der Waals surface area contributed by atoms with E-state index in [-0.39, 0.29) is 11.9 Å². The molecular formula is C22H28N2O7. The smallest absolute Gasteiger partial charge is 0.356 e. The molecule has 0 amide bonds. The molecule has 1 fully saturated rings. The number of nitrogens with zero attached hydrogens (tertiary/aromatic N) is 2. The van der Waals surface area contributed by atoms with Gasteiger partial charge in [0.25, 0.3) is 0 Å². The standard InChI is InChI=1S/C22H28N2O7/c1-5-14-6-8-15(9-7-14)10-16-13(4)24(12(2)3)23-21(16)31-22(29)20(28)19(27)18(26)17(11-25)30-22/h1,6-9,12,17-20,25-29H,10-11H2,2-4H3/t17-,18-,19+,20-,22+/m1/s1. The normalized spacial score (nSPS) is 28.5. The molecule has 0 radical (unpaired) electrons. The molecule has 1 aliphatic rings. The first-order valence-corrected chi connectivity index (χ1v) is 9.99. The van der Waals surface area contributed by atoms with Crippen LogP contribution in [-0.4, -0.2) is 72.3 Å². The van der Waals surface area contributed by atoms with E-state index in [1.165, 1.54) is 0 Å². The van der Waals surface area contributed by atoms with E-state index in [9.17, 15) is 25.5 Å². The predicted octanol–water partition coefficient (Wildman–Crippen LogP) is -0.157. The maximum Gasteiger partial charge on any atom is 0.356 e. The van der Waals surface area contributed by atoms with Gasteiger partial charge in [-0.1, -0.05) is 18.1 Å². The van der Waals surface area contributed by atoms with Gasteiger partial charge in [-0.25, -0.2) is 0 Å². The molecule has 31 heavy (non-hydrogen) atoms. The molecule has 3 rings (SSSR count). The summed E-state index contributed by atoms with van der Waals surface area (Å²) in [6.07, 6.45) is -0.976. The van der Waals surface area contributed by atoms with Crippen molar-refractivity contribution in [3.05, 3.63) is 46.6 Å². The minimum Gasteiger partial charge on any atom is -0.417 e. The lowest BCUT2D eigenvalue weighted by atomic mass is 9.98. The number of aliphatic hydroxyl groups is 5. The van der Waals surface area contributed by atoms with Crippen LogP contribution in [0.5, 0.6) is 5.88 Å². The average Bonchev–Trinajstić information content (AvgIpc) is 3.05. The molecule has 0 aliphatic carbocycles. The number of hydrogen-bond donors (Lipinski definition) is 5. The highest BCUT2D eigenvalue weighted by Gasteiger charge is 2.55. The number of rotatable bonds is 6. The largest absolute Gasteiger partial charge is 0.417 e. The maximum atomic E-state index is 10.8. The molecule has 168 valence electrons. The molecule has 0 spiro atoms. The van der Waals surface area contributed by atoms with Crippen LogP contribution in [0.1, 0.15) is 42.3 Å². The fourth-order valence-corrected chi connectivity index (χ4v) is 3.58. The van der Waals surface area contributed by atoms with Crippen LogP contribution in [0.25, 0.3) is 0 Å². The predicted molar refractivity (Wildman–Crippen MR) is 110 cm³/mol. The van der Waals surface area contributed by atoms with Gasteiger partial charge in [-0.05, 0) is 38.5 Å². The van der Waals surface area contributed by atoms with E-state index in [0.29, 0.717) is 12.0 Å². The average molecular weight is 432 g/mol. The number of terminal acetylenes is 1. The van der Waals surface area contributed by atoms with Crippen molar-refractivity contribution >= 4 is 0 Å². The number of aliphatic hydroxyl groups excluding tert-OH is 4. The molecule has 9 heteroatoms. The monoisotopic (exact) mass is 432 g/mol. The molecule has 0 saturated carbocycles. The highest BCUT2D eigenvalue weighted by Crippen LogP contribution is 2.34. The van der Waals surface area contributed by atoms with Gasteiger partial charge in [-0.3, -0.25) is 4.68 Å². The lowest BCUT2D eigenvalue weighted by Crippen LogP contribution is -2.67. The summed E-state index contributed by atoms with van der Waals surface area (Å²) in [5, 5.41) is 55.0. The topological polar surface area (TPSA) is 137 Å². The molecule has 1 aromatic carbocycles. The highest BCUT2D eigenvalue weighted by molar-refractivity contribution is 5.40. The van der Waals surface area contributed by atoms with Crippen molar-refractivity contribution in [3.8, 4) is 18.2 Å². The van der Waals surface area contributed by atoms with E-state index in [0.717, 1.165) is 16.8 Å². The van der Waals surface area contributed by atoms with Crippen molar-refractivity contribution in [1.29, 1.82) is 0 Å². The van der Waals surface area contributed by atoms with Crippen molar-refractivity contribution in [2.75, 3.05) is 6.61 Å². The Balaban J connectivity index is 1.97. The van der Waals surface area contributed by atoms with Gasteiger partial charge >= 0.3 is 5.97 Å². The first kappa shape index (κ1) is 23.2. The zero-order chi connectivity index (χ0) is 22.9. The molecule has 2 aromatic rings. The Bertz CT molecular complexity index is 948. The van der Waals surface area contributed by atoms with Crippen molar-refractivity contribution in [1.82, 2.24) is 9.78 Å². The second-order valence-electron chi connectivity index (χ2n) is 7.92. The third-order valence-electron chi connectivity index (χ3n) is 5.40. The summed E-state index contributed by atoms with van der Waals surface area (Å²) in [6, 6.07) is 7.33. The Hall–Kier alpha value is -2.45. The van der Waals surface area contributed by atoms with Crippen LogP contribution >= 0.6 is 0 Å². The SMILES string of the molecule is C#Cc1ccc(Cc2c(O[C@@]3(O)O[C@H](CO)[C@@H](O)[C@H](O)[C@H]3O)nn(C(C)C)c2C)cc1. The summed E-state index contributed by atoms with van der Waals surface area (Å²) in [4.78, 5) is 0. The molecule has 0 bridgehead atoms. The number of benzene rings is 1. The molecule has 0 unspecified atom stereocenters. The maximum absolute atomic E-state index is 10.8. The summed E-state index contributed by atoms with van der Waals surface area (Å²) in [5.74, 6) is -0.173. The Kier molecular flexibility index (Phi) is 6.71. The summed E-state index contributed by atoms with van der Waals surface area (Å²) < 4.78 is 12.5. The second-order valence-corrected chi connectivity index (χ2v) is 7.92. The molecule has 2 heterocycles. The van der Waals surface area contributed by atoms with Crippen molar-refractivity contribution in [3.63, 3.8) is 0 Å². The van der Waals surface area contributed by atoms with E-state index in [2.05, 4.69) is 11.0 Å². The van der Waals surface area contributed by atoms with Crippen molar-refractivity contribution < 1.29 is 35.0 Å². The summed E-state index contributed by atoms with van der Waals surface area (Å²) in [7, 11) is 0. The Labute approximate surface area is 180 Å². The first-order chi connectivity index (χ1) is 14.6. The lowest BCUT2D eigenvalue weighted by Gasteiger charge is -2.43. The van der Waals surface area contributed by atoms with Gasteiger partial charge in [-0.15, -0.1) is 11.5 Å². The van der Waals surface area contributed by atoms with E-state index < -0.39 is 37.0 Å². The lowest BCUT2D eigenvalue weighted by molar-refractivity contribution is -0.423. The fourth-order valence-electron chi connectivity index (χ4n) is 3.58. The number of ether oxygens (including phenoxy) is 2. The zero-order valence-corrected chi connectivity index (χ0v) is 17.6. The van der Waals surface area contributed by atoms with E-state index >= 15 is 0 Å². The van der Waals surface area contributed by atoms with Gasteiger partial charge < -0.3 is 35.0 Å². The molecule has 1 aromatic heterocycles. The Morgan fingerprint density at radius 2 is 1.87 bits per heavy atom. The van der Waals surface area contributed by atoms with Crippen LogP contribution in [0, 0.1) is 19.3 Å². The number of hydrogen-bond acceptors (Lipinski definition) is 8. The van der Waals surface area contributed by atoms with Crippen LogP contribution in [-0.2, 0) is 11.2 Å². The van der Waals surface area contributed by atoms with Crippen LogP contribution < -0.4 is 4.74 Å². The molecule has 1 aliphatic heterocycles. The van der Waals surface area contributed by atoms with Gasteiger partial charge in [0.05, 0.1) is 6.61 Å². The molecular weight excluding hydrogens is 404 g/mol. The summed E-state index contributed by atoms with van der Waals surface area (Å²) in [6.45, 7) is 5.00. The van der Waals surface area contributed by atoms with Gasteiger partial charge in [0.1, 0.15) is 18.3 Å². The van der Waals surface area contributed by atoms with Crippen molar-refractivity contribution in [2.24, 2.45) is 0 Å². The molecule has 5 atom stereocenters. The van der Waals surface area contributed by atoms with E-state index in [1.54, 1.807) is 4.68 Å². The van der Waals surface area contributed by atoms with Gasteiger partial charge in [0, 0.05) is 29.3 Å². The third-order valence-corrected chi connectivity index (χ3v) is 5.40. The Morgan fingerprint density at radius 1 is 1.23 bits per heavy atom. The van der Waals surface area contributed by atoms with Crippen LogP contribution in [0.15, 0.2) is 24.3 Å². The zero-order valence-electron chi connectivity index (χ0n) is 17.6. The fraction of sp³-hybridized carbons (Fsp3) is 0.500. The van der Waals surface area contributed by atoms with Crippen LogP contribution in [0.3, 0.4) is 0 Å². The van der Waals surface area contributed by atoms with Crippen LogP contribution in [0.2, 0.25) is 0 Å². The molecule has 9 nitrogen and oxygen atoms in total. The third kappa shape index (κ3) is 4.45. The quantitative estimate of drug-likeness (QED) is 0.314. The van der Waals surface area contributed by atoms with Gasteiger partial charge in [0.15, 0.2) is 6.10 Å². The van der Waals surface area contributed by atoms with Gasteiger partial charge in [-0.2, -0.15) is 0 Å². The second kappa shape index (κ2) is 8.96. The molecule has 1 saturated heterocycles. The molecule has 5 N–H and O–H groups in total. The highest BCUT2D eigenvalue weighted by atomic mass is 16.8. The van der Waals surface area contributed by atoms with E-state index in [4.69, 9.17) is 15.9 Å². The first-order valence-electron chi connectivity index (χ1n) is 9.99. The minimum absolute atomic E-state index is 0.00550. The van der Waals surface area contributed by atoms with Gasteiger partial charge in [0.2, 0.25) is 5.88 Å². The summed E-state index contributed by atoms with van der Waals surface area (Å²) in [5.41, 5.74) is 3.06. The summed E-state index contributed by atoms with van der Waals surface area (Å²) >= 11 is 0. The van der Waals surface area contributed by atoms with Crippen LogP contribution in [0.4, 0.5) is 0 Å². The Morgan fingerprint density at radius 3 is 2.42 bits per heavy atom. The van der Waals surface area contributed by atoms with Crippen molar-refractivity contribution in [2.45, 2.75) is 63.6 Å². The number of aromatic nitrogens is 2.